The van der Waals surface area contributed by atoms with Crippen molar-refractivity contribution >= 4 is 11.3 Å². The maximum absolute atomic E-state index is 5.82. The van der Waals surface area contributed by atoms with Crippen molar-refractivity contribution in [3.8, 4) is 5.88 Å². The molecule has 0 atom stereocenters. The fraction of sp³-hybridized carbons (Fsp3) is 0.357. The van der Waals surface area contributed by atoms with Crippen molar-refractivity contribution in [2.45, 2.75) is 32.4 Å². The smallest absolute Gasteiger partial charge is 0.218 e. The van der Waals surface area contributed by atoms with Crippen LogP contribution in [0.4, 0.5) is 0 Å². The molecule has 4 heteroatoms. The molecule has 0 amide bonds. The zero-order valence-corrected chi connectivity index (χ0v) is 11.0. The van der Waals surface area contributed by atoms with Crippen molar-refractivity contribution in [3.05, 3.63) is 45.3 Å². The predicted octanol–water partition coefficient (Wildman–Crippen LogP) is 2.67. The number of aryl methyl sites for hydroxylation is 2. The third kappa shape index (κ3) is 2.26. The Labute approximate surface area is 111 Å². The van der Waals surface area contributed by atoms with Crippen LogP contribution in [-0.2, 0) is 26.0 Å². The van der Waals surface area contributed by atoms with E-state index in [2.05, 4.69) is 22.5 Å². The summed E-state index contributed by atoms with van der Waals surface area (Å²) in [4.78, 5) is 5.83. The van der Waals surface area contributed by atoms with Crippen molar-refractivity contribution in [2.75, 3.05) is 0 Å². The molecule has 2 heterocycles. The lowest BCUT2D eigenvalue weighted by atomic mass is 10.1. The maximum atomic E-state index is 5.82. The van der Waals surface area contributed by atoms with E-state index in [1.54, 1.807) is 11.3 Å². The summed E-state index contributed by atoms with van der Waals surface area (Å²) < 4.78 is 5.82. The van der Waals surface area contributed by atoms with Crippen LogP contribution in [0.15, 0.2) is 23.6 Å². The van der Waals surface area contributed by atoms with Gasteiger partial charge >= 0.3 is 0 Å². The van der Waals surface area contributed by atoms with Gasteiger partial charge in [-0.15, -0.1) is 11.3 Å². The lowest BCUT2D eigenvalue weighted by Gasteiger charge is -2.11. The zero-order chi connectivity index (χ0) is 12.4. The van der Waals surface area contributed by atoms with E-state index in [0.29, 0.717) is 19.0 Å². The third-order valence-corrected chi connectivity index (χ3v) is 4.09. The molecular formula is C14H16N2OS. The van der Waals surface area contributed by atoms with Gasteiger partial charge in [0.1, 0.15) is 6.61 Å². The van der Waals surface area contributed by atoms with Gasteiger partial charge in [-0.3, -0.25) is 0 Å². The second kappa shape index (κ2) is 5.08. The fourth-order valence-corrected chi connectivity index (χ4v) is 2.92. The molecule has 94 valence electrons. The Kier molecular flexibility index (Phi) is 3.30. The standard InChI is InChI=1S/C14H16N2OS/c15-8-11-7-10-3-1-5-13(10)16-14(11)17-9-12-4-2-6-18-12/h2,4,6-7H,1,3,5,8-9,15H2. The van der Waals surface area contributed by atoms with Gasteiger partial charge in [0, 0.05) is 22.7 Å². The van der Waals surface area contributed by atoms with Crippen molar-refractivity contribution < 1.29 is 4.74 Å². The van der Waals surface area contributed by atoms with E-state index in [9.17, 15) is 0 Å². The van der Waals surface area contributed by atoms with E-state index in [1.165, 1.54) is 22.6 Å². The summed E-state index contributed by atoms with van der Waals surface area (Å²) in [6, 6.07) is 6.27. The van der Waals surface area contributed by atoms with Crippen molar-refractivity contribution in [1.29, 1.82) is 0 Å². The van der Waals surface area contributed by atoms with Crippen LogP contribution in [0.3, 0.4) is 0 Å². The highest BCUT2D eigenvalue weighted by molar-refractivity contribution is 7.09. The van der Waals surface area contributed by atoms with Crippen LogP contribution in [0.5, 0.6) is 5.88 Å². The van der Waals surface area contributed by atoms with E-state index < -0.39 is 0 Å². The van der Waals surface area contributed by atoms with Crippen LogP contribution in [0, 0.1) is 0 Å². The second-order valence-corrected chi connectivity index (χ2v) is 5.52. The highest BCUT2D eigenvalue weighted by Crippen LogP contribution is 2.27. The summed E-state index contributed by atoms with van der Waals surface area (Å²) in [5.41, 5.74) is 9.33. The number of nitrogens with two attached hydrogens (primary N) is 1. The number of rotatable bonds is 4. The summed E-state index contributed by atoms with van der Waals surface area (Å²) in [6.07, 6.45) is 3.39. The molecule has 0 spiro atoms. The third-order valence-electron chi connectivity index (χ3n) is 3.24. The van der Waals surface area contributed by atoms with Crippen molar-refractivity contribution in [1.82, 2.24) is 4.98 Å². The molecule has 0 aliphatic heterocycles. The molecular weight excluding hydrogens is 244 g/mol. The molecule has 0 unspecified atom stereocenters. The summed E-state index contributed by atoms with van der Waals surface area (Å²) in [6.45, 7) is 1.07. The highest BCUT2D eigenvalue weighted by Gasteiger charge is 2.16. The predicted molar refractivity (Wildman–Crippen MR) is 72.8 cm³/mol. The molecule has 2 N–H and O–H groups in total. The average Bonchev–Trinajstić information content (AvgIpc) is 3.05. The Balaban J connectivity index is 1.82. The largest absolute Gasteiger partial charge is 0.472 e. The Morgan fingerprint density at radius 1 is 1.39 bits per heavy atom. The van der Waals surface area contributed by atoms with E-state index in [0.717, 1.165) is 18.4 Å². The first-order chi connectivity index (χ1) is 8.86. The van der Waals surface area contributed by atoms with Gasteiger partial charge in [0.05, 0.1) is 0 Å². The van der Waals surface area contributed by atoms with Crippen LogP contribution in [0.25, 0.3) is 0 Å². The molecule has 2 aromatic heterocycles. The van der Waals surface area contributed by atoms with E-state index in [4.69, 9.17) is 10.5 Å². The van der Waals surface area contributed by atoms with Gasteiger partial charge in [-0.2, -0.15) is 0 Å². The van der Waals surface area contributed by atoms with Crippen LogP contribution in [0.1, 0.15) is 28.1 Å². The van der Waals surface area contributed by atoms with Crippen LogP contribution in [0.2, 0.25) is 0 Å². The summed E-state index contributed by atoms with van der Waals surface area (Å²) in [5.74, 6) is 0.714. The Morgan fingerprint density at radius 2 is 2.33 bits per heavy atom. The SMILES string of the molecule is NCc1cc2c(nc1OCc1cccs1)CCC2. The van der Waals surface area contributed by atoms with Gasteiger partial charge in [0.15, 0.2) is 0 Å². The first-order valence-corrected chi connectivity index (χ1v) is 7.11. The molecule has 0 saturated heterocycles. The van der Waals surface area contributed by atoms with Gasteiger partial charge in [0.2, 0.25) is 5.88 Å². The van der Waals surface area contributed by atoms with E-state index in [1.807, 2.05) is 6.07 Å². The number of ether oxygens (including phenoxy) is 1. The van der Waals surface area contributed by atoms with Crippen molar-refractivity contribution in [3.63, 3.8) is 0 Å². The molecule has 0 fully saturated rings. The number of pyridine rings is 1. The molecule has 3 nitrogen and oxygen atoms in total. The number of aromatic nitrogens is 1. The van der Waals surface area contributed by atoms with Crippen LogP contribution < -0.4 is 10.5 Å². The topological polar surface area (TPSA) is 48.1 Å². The number of hydrogen-bond acceptors (Lipinski definition) is 4. The van der Waals surface area contributed by atoms with Gasteiger partial charge < -0.3 is 10.5 Å². The Morgan fingerprint density at radius 3 is 3.11 bits per heavy atom. The van der Waals surface area contributed by atoms with E-state index in [-0.39, 0.29) is 0 Å². The molecule has 0 saturated carbocycles. The number of fused-ring (bicyclic) bond motifs is 1. The zero-order valence-electron chi connectivity index (χ0n) is 10.2. The van der Waals surface area contributed by atoms with Crippen LogP contribution in [-0.4, -0.2) is 4.98 Å². The number of thiophene rings is 1. The number of hydrogen-bond donors (Lipinski definition) is 1. The summed E-state index contributed by atoms with van der Waals surface area (Å²) in [7, 11) is 0. The molecule has 1 aliphatic rings. The summed E-state index contributed by atoms with van der Waals surface area (Å²) >= 11 is 1.70. The Hall–Kier alpha value is -1.39. The van der Waals surface area contributed by atoms with Gasteiger partial charge in [-0.1, -0.05) is 6.07 Å². The van der Waals surface area contributed by atoms with E-state index >= 15 is 0 Å². The summed E-state index contributed by atoms with van der Waals surface area (Å²) in [5, 5.41) is 2.05. The molecule has 0 aromatic carbocycles. The molecule has 3 rings (SSSR count). The minimum atomic E-state index is 0.486. The van der Waals surface area contributed by atoms with Crippen LogP contribution >= 0.6 is 11.3 Å². The van der Waals surface area contributed by atoms with Crippen molar-refractivity contribution in [2.24, 2.45) is 5.73 Å². The van der Waals surface area contributed by atoms with Gasteiger partial charge in [0.25, 0.3) is 0 Å². The molecule has 0 radical (unpaired) electrons. The maximum Gasteiger partial charge on any atom is 0.218 e. The molecule has 18 heavy (non-hydrogen) atoms. The first kappa shape index (κ1) is 11.7. The average molecular weight is 260 g/mol. The first-order valence-electron chi connectivity index (χ1n) is 6.23. The second-order valence-electron chi connectivity index (χ2n) is 4.48. The van der Waals surface area contributed by atoms with Gasteiger partial charge in [-0.05, 0) is 42.3 Å². The molecule has 0 bridgehead atoms. The Bertz CT molecular complexity index is 537. The van der Waals surface area contributed by atoms with Gasteiger partial charge in [-0.25, -0.2) is 4.98 Å². The quantitative estimate of drug-likeness (QED) is 0.919. The number of nitrogens with zero attached hydrogens (tertiary/aromatic N) is 1. The highest BCUT2D eigenvalue weighted by atomic mass is 32.1. The monoisotopic (exact) mass is 260 g/mol. The minimum Gasteiger partial charge on any atom is -0.472 e. The lowest BCUT2D eigenvalue weighted by molar-refractivity contribution is 0.293. The molecule has 1 aliphatic carbocycles. The normalized spacial score (nSPS) is 13.6. The minimum absolute atomic E-state index is 0.486. The fourth-order valence-electron chi connectivity index (χ4n) is 2.31. The molecule has 2 aromatic rings. The lowest BCUT2D eigenvalue weighted by Crippen LogP contribution is -2.06.